The van der Waals surface area contributed by atoms with Crippen LogP contribution in [0.25, 0.3) is 0 Å². The number of rotatable bonds is 5. The van der Waals surface area contributed by atoms with Crippen molar-refractivity contribution in [3.63, 3.8) is 0 Å². The smallest absolute Gasteiger partial charge is 0.315 e. The number of nitrogens with one attached hydrogen (secondary N) is 2. The van der Waals surface area contributed by atoms with Gasteiger partial charge in [-0.1, -0.05) is 19.9 Å². The highest BCUT2D eigenvalue weighted by molar-refractivity contribution is 5.75. The monoisotopic (exact) mass is 329 g/mol. The number of urea groups is 1. The van der Waals surface area contributed by atoms with Crippen LogP contribution in [0.15, 0.2) is 24.5 Å². The fraction of sp³-hybridized carbons (Fsp3) is 0.500. The average Bonchev–Trinajstić information content (AvgIpc) is 2.84. The van der Waals surface area contributed by atoms with Crippen LogP contribution in [0.1, 0.15) is 55.4 Å². The lowest BCUT2D eigenvalue weighted by Gasteiger charge is -2.24. The molecule has 2 aromatic rings. The lowest BCUT2D eigenvalue weighted by atomic mass is 9.97. The third-order valence-corrected chi connectivity index (χ3v) is 4.16. The van der Waals surface area contributed by atoms with Gasteiger partial charge in [0.05, 0.1) is 23.5 Å². The summed E-state index contributed by atoms with van der Waals surface area (Å²) >= 11 is 0. The minimum atomic E-state index is -0.200. The second-order valence-corrected chi connectivity index (χ2v) is 6.61. The Balaban J connectivity index is 2.09. The third kappa shape index (κ3) is 4.13. The lowest BCUT2D eigenvalue weighted by Crippen LogP contribution is -2.41. The molecular formula is C18H27N5O. The van der Waals surface area contributed by atoms with Crippen LogP contribution in [0.4, 0.5) is 4.79 Å². The topological polar surface area (TPSA) is 71.8 Å². The van der Waals surface area contributed by atoms with Gasteiger partial charge in [0.1, 0.15) is 0 Å². The van der Waals surface area contributed by atoms with Crippen molar-refractivity contribution in [3.8, 4) is 0 Å². The zero-order valence-electron chi connectivity index (χ0n) is 15.3. The van der Waals surface area contributed by atoms with E-state index in [2.05, 4.69) is 34.6 Å². The number of aryl methyl sites for hydroxylation is 3. The van der Waals surface area contributed by atoms with E-state index in [0.29, 0.717) is 0 Å². The standard InChI is InChI=1S/C18H27N5O/c1-11(2)16(17-12(3)8-7-9-19-17)21-18(24)20-13(4)15-10-23(6)22-14(15)5/h7-11,13,16H,1-6H3,(H2,20,21,24)/t13-,16-/m0/s1. The Labute approximate surface area is 143 Å². The first kappa shape index (κ1) is 18.0. The molecule has 0 saturated heterocycles. The van der Waals surface area contributed by atoms with E-state index in [1.807, 2.05) is 46.1 Å². The Hall–Kier alpha value is -2.37. The lowest BCUT2D eigenvalue weighted by molar-refractivity contribution is 0.229. The van der Waals surface area contributed by atoms with Crippen LogP contribution in [0, 0.1) is 19.8 Å². The molecule has 2 N–H and O–H groups in total. The molecule has 0 spiro atoms. The minimum Gasteiger partial charge on any atom is -0.332 e. The summed E-state index contributed by atoms with van der Waals surface area (Å²) in [5.74, 6) is 0.236. The van der Waals surface area contributed by atoms with Crippen LogP contribution in [-0.4, -0.2) is 20.8 Å². The van der Waals surface area contributed by atoms with Crippen molar-refractivity contribution in [3.05, 3.63) is 47.0 Å². The van der Waals surface area contributed by atoms with Gasteiger partial charge in [0, 0.05) is 25.0 Å². The van der Waals surface area contributed by atoms with E-state index < -0.39 is 0 Å². The average molecular weight is 329 g/mol. The molecule has 6 nitrogen and oxygen atoms in total. The summed E-state index contributed by atoms with van der Waals surface area (Å²) in [6, 6.07) is 3.47. The summed E-state index contributed by atoms with van der Waals surface area (Å²) in [6.07, 6.45) is 3.70. The van der Waals surface area contributed by atoms with E-state index >= 15 is 0 Å². The van der Waals surface area contributed by atoms with E-state index in [1.54, 1.807) is 10.9 Å². The molecule has 0 fully saturated rings. The van der Waals surface area contributed by atoms with Gasteiger partial charge < -0.3 is 10.6 Å². The highest BCUT2D eigenvalue weighted by Gasteiger charge is 2.22. The molecule has 0 aliphatic rings. The van der Waals surface area contributed by atoms with Crippen LogP contribution in [-0.2, 0) is 7.05 Å². The summed E-state index contributed by atoms with van der Waals surface area (Å²) in [5, 5.41) is 10.4. The SMILES string of the molecule is Cc1cccnc1[C@@H](NC(=O)N[C@@H](C)c1cn(C)nc1C)C(C)C. The molecule has 0 unspecified atom stereocenters. The molecule has 0 radical (unpaired) electrons. The van der Waals surface area contributed by atoms with E-state index in [4.69, 9.17) is 0 Å². The van der Waals surface area contributed by atoms with Crippen molar-refractivity contribution < 1.29 is 4.79 Å². The third-order valence-electron chi connectivity index (χ3n) is 4.16. The molecule has 24 heavy (non-hydrogen) atoms. The summed E-state index contributed by atoms with van der Waals surface area (Å²) in [6.45, 7) is 10.1. The summed E-state index contributed by atoms with van der Waals surface area (Å²) in [4.78, 5) is 16.9. The number of carbonyl (C=O) groups excluding carboxylic acids is 1. The number of hydrogen-bond donors (Lipinski definition) is 2. The Morgan fingerprint density at radius 1 is 1.21 bits per heavy atom. The number of hydrogen-bond acceptors (Lipinski definition) is 3. The van der Waals surface area contributed by atoms with Crippen molar-refractivity contribution in [2.75, 3.05) is 0 Å². The van der Waals surface area contributed by atoms with Crippen LogP contribution < -0.4 is 10.6 Å². The van der Waals surface area contributed by atoms with Crippen LogP contribution in [0.5, 0.6) is 0 Å². The predicted octanol–water partition coefficient (Wildman–Crippen LogP) is 3.19. The molecule has 0 aromatic carbocycles. The Morgan fingerprint density at radius 2 is 1.92 bits per heavy atom. The molecule has 2 heterocycles. The molecule has 2 amide bonds. The van der Waals surface area contributed by atoms with E-state index in [0.717, 1.165) is 22.5 Å². The number of nitrogens with zero attached hydrogens (tertiary/aromatic N) is 3. The molecule has 2 rings (SSSR count). The van der Waals surface area contributed by atoms with Gasteiger partial charge in [-0.15, -0.1) is 0 Å². The van der Waals surface area contributed by atoms with Crippen molar-refractivity contribution in [1.82, 2.24) is 25.4 Å². The zero-order chi connectivity index (χ0) is 17.9. The molecule has 0 aliphatic carbocycles. The molecule has 0 bridgehead atoms. The highest BCUT2D eigenvalue weighted by atomic mass is 16.2. The minimum absolute atomic E-state index is 0.114. The van der Waals surface area contributed by atoms with Crippen molar-refractivity contribution >= 4 is 6.03 Å². The van der Waals surface area contributed by atoms with Gasteiger partial charge >= 0.3 is 6.03 Å². The first-order valence-electron chi connectivity index (χ1n) is 8.28. The normalized spacial score (nSPS) is 13.6. The molecule has 2 atom stereocenters. The number of carbonyl (C=O) groups is 1. The first-order chi connectivity index (χ1) is 11.3. The second kappa shape index (κ2) is 7.47. The Kier molecular flexibility index (Phi) is 5.59. The number of aromatic nitrogens is 3. The first-order valence-corrected chi connectivity index (χ1v) is 8.28. The van der Waals surface area contributed by atoms with E-state index in [9.17, 15) is 4.79 Å². The van der Waals surface area contributed by atoms with Gasteiger partial charge in [-0.05, 0) is 38.3 Å². The Morgan fingerprint density at radius 3 is 2.46 bits per heavy atom. The van der Waals surface area contributed by atoms with Gasteiger partial charge in [0.15, 0.2) is 0 Å². The quantitative estimate of drug-likeness (QED) is 0.885. The molecule has 6 heteroatoms. The second-order valence-electron chi connectivity index (χ2n) is 6.61. The van der Waals surface area contributed by atoms with Crippen molar-refractivity contribution in [2.24, 2.45) is 13.0 Å². The maximum absolute atomic E-state index is 12.5. The van der Waals surface area contributed by atoms with Gasteiger partial charge in [0.2, 0.25) is 0 Å². The maximum atomic E-state index is 12.5. The molecule has 2 aromatic heterocycles. The fourth-order valence-corrected chi connectivity index (χ4v) is 2.87. The summed E-state index contributed by atoms with van der Waals surface area (Å²) in [5.41, 5.74) is 3.93. The molecule has 0 saturated carbocycles. The van der Waals surface area contributed by atoms with Crippen LogP contribution in [0.3, 0.4) is 0 Å². The van der Waals surface area contributed by atoms with Gasteiger partial charge in [-0.3, -0.25) is 9.67 Å². The highest BCUT2D eigenvalue weighted by Crippen LogP contribution is 2.23. The van der Waals surface area contributed by atoms with Gasteiger partial charge in [-0.25, -0.2) is 4.79 Å². The van der Waals surface area contributed by atoms with Crippen LogP contribution in [0.2, 0.25) is 0 Å². The van der Waals surface area contributed by atoms with E-state index in [1.165, 1.54) is 0 Å². The van der Waals surface area contributed by atoms with Crippen molar-refractivity contribution in [2.45, 2.75) is 46.7 Å². The summed E-state index contributed by atoms with van der Waals surface area (Å²) < 4.78 is 1.76. The van der Waals surface area contributed by atoms with Gasteiger partial charge in [-0.2, -0.15) is 5.10 Å². The zero-order valence-corrected chi connectivity index (χ0v) is 15.3. The maximum Gasteiger partial charge on any atom is 0.315 e. The van der Waals surface area contributed by atoms with Crippen LogP contribution >= 0.6 is 0 Å². The van der Waals surface area contributed by atoms with E-state index in [-0.39, 0.29) is 24.0 Å². The van der Waals surface area contributed by atoms with Crippen molar-refractivity contribution in [1.29, 1.82) is 0 Å². The molecule has 0 aliphatic heterocycles. The molecule has 130 valence electrons. The van der Waals surface area contributed by atoms with Gasteiger partial charge in [0.25, 0.3) is 0 Å². The number of pyridine rings is 1. The predicted molar refractivity (Wildman–Crippen MR) is 94.6 cm³/mol. The molecular weight excluding hydrogens is 302 g/mol. The Bertz CT molecular complexity index is 707. The fourth-order valence-electron chi connectivity index (χ4n) is 2.87. The number of amides is 2. The summed E-state index contributed by atoms with van der Waals surface area (Å²) in [7, 11) is 1.88. The largest absolute Gasteiger partial charge is 0.332 e.